The van der Waals surface area contributed by atoms with Gasteiger partial charge in [-0.05, 0) is 0 Å². The summed E-state index contributed by atoms with van der Waals surface area (Å²) in [5, 5.41) is 7.75. The first-order chi connectivity index (χ1) is 3.56. The highest BCUT2D eigenvalue weighted by molar-refractivity contribution is 7.55. The fourth-order valence-corrected chi connectivity index (χ4v) is 0.391. The lowest BCUT2D eigenvalue weighted by atomic mass is 10.7. The highest BCUT2D eigenvalue weighted by Gasteiger charge is 2.03. The SMILES string of the molecule is N#C/C=C/P(=O)(O)O. The van der Waals surface area contributed by atoms with Crippen molar-refractivity contribution in [1.29, 1.82) is 5.26 Å². The predicted octanol–water partition coefficient (Wildman–Crippen LogP) is 0.201. The van der Waals surface area contributed by atoms with E-state index < -0.39 is 7.60 Å². The van der Waals surface area contributed by atoms with Gasteiger partial charge in [-0.25, -0.2) is 0 Å². The van der Waals surface area contributed by atoms with Crippen LogP contribution in [0.4, 0.5) is 0 Å². The Bertz CT molecular complexity index is 173. The Morgan fingerprint density at radius 2 is 2.12 bits per heavy atom. The molecule has 44 valence electrons. The summed E-state index contributed by atoms with van der Waals surface area (Å²) >= 11 is 0. The van der Waals surface area contributed by atoms with Gasteiger partial charge in [0.05, 0.1) is 6.07 Å². The third-order valence-corrected chi connectivity index (χ3v) is 0.881. The molecule has 5 heteroatoms. The van der Waals surface area contributed by atoms with E-state index >= 15 is 0 Å². The zero-order chi connectivity index (χ0) is 6.62. The summed E-state index contributed by atoms with van der Waals surface area (Å²) in [4.78, 5) is 16.0. The number of nitrogens with zero attached hydrogens (tertiary/aromatic N) is 1. The second-order valence-electron chi connectivity index (χ2n) is 1.03. The van der Waals surface area contributed by atoms with Crippen LogP contribution in [0.5, 0.6) is 0 Å². The molecule has 0 aromatic carbocycles. The topological polar surface area (TPSA) is 81.3 Å². The highest BCUT2D eigenvalue weighted by Crippen LogP contribution is 2.35. The Kier molecular flexibility index (Phi) is 2.43. The molecule has 0 aromatic heterocycles. The van der Waals surface area contributed by atoms with E-state index in [4.69, 9.17) is 15.0 Å². The normalized spacial score (nSPS) is 11.6. The lowest BCUT2D eigenvalue weighted by molar-refractivity contribution is 0.386. The molecule has 0 saturated heterocycles. The largest absolute Gasteiger partial charge is 0.349 e. The summed E-state index contributed by atoms with van der Waals surface area (Å²) in [5.41, 5.74) is 0. The molecule has 8 heavy (non-hydrogen) atoms. The van der Waals surface area contributed by atoms with Crippen molar-refractivity contribution in [2.45, 2.75) is 0 Å². The van der Waals surface area contributed by atoms with Gasteiger partial charge in [-0.15, -0.1) is 0 Å². The van der Waals surface area contributed by atoms with Gasteiger partial charge in [0, 0.05) is 11.9 Å². The first-order valence-corrected chi connectivity index (χ1v) is 3.37. The van der Waals surface area contributed by atoms with E-state index in [0.717, 1.165) is 6.08 Å². The fraction of sp³-hybridized carbons (Fsp3) is 0. The van der Waals surface area contributed by atoms with Crippen LogP contribution in [-0.2, 0) is 4.57 Å². The van der Waals surface area contributed by atoms with Crippen LogP contribution in [0, 0.1) is 11.3 Å². The molecule has 0 atom stereocenters. The van der Waals surface area contributed by atoms with Gasteiger partial charge in [0.15, 0.2) is 0 Å². The van der Waals surface area contributed by atoms with Gasteiger partial charge in [0.1, 0.15) is 0 Å². The van der Waals surface area contributed by atoms with Gasteiger partial charge in [0.2, 0.25) is 0 Å². The standard InChI is InChI=1S/C3H4NO3P/c4-2-1-3-8(5,6)7/h1,3H,(H2,5,6,7)/b3-1+. The van der Waals surface area contributed by atoms with Crippen molar-refractivity contribution in [3.63, 3.8) is 0 Å². The second-order valence-corrected chi connectivity index (χ2v) is 2.51. The molecule has 0 aliphatic rings. The molecule has 2 N–H and O–H groups in total. The first kappa shape index (κ1) is 7.38. The molecule has 0 heterocycles. The van der Waals surface area contributed by atoms with Gasteiger partial charge >= 0.3 is 7.60 Å². The zero-order valence-corrected chi connectivity index (χ0v) is 4.75. The second kappa shape index (κ2) is 2.63. The van der Waals surface area contributed by atoms with Crippen LogP contribution in [0.25, 0.3) is 0 Å². The number of hydrogen-bond acceptors (Lipinski definition) is 2. The van der Waals surface area contributed by atoms with Gasteiger partial charge in [-0.1, -0.05) is 0 Å². The van der Waals surface area contributed by atoms with Crippen molar-refractivity contribution in [3.05, 3.63) is 11.9 Å². The third kappa shape index (κ3) is 5.38. The van der Waals surface area contributed by atoms with Crippen molar-refractivity contribution in [2.75, 3.05) is 0 Å². The Hall–Kier alpha value is -0.620. The highest BCUT2D eigenvalue weighted by atomic mass is 31.2. The maximum absolute atomic E-state index is 9.85. The van der Waals surface area contributed by atoms with Crippen molar-refractivity contribution in [3.8, 4) is 6.07 Å². The molecule has 0 saturated carbocycles. The number of hydrogen-bond donors (Lipinski definition) is 2. The maximum atomic E-state index is 9.85. The average molecular weight is 133 g/mol. The summed E-state index contributed by atoms with van der Waals surface area (Å²) in [6.45, 7) is 0. The summed E-state index contributed by atoms with van der Waals surface area (Å²) in [7, 11) is -4.09. The van der Waals surface area contributed by atoms with Crippen LogP contribution in [-0.4, -0.2) is 9.79 Å². The van der Waals surface area contributed by atoms with Crippen molar-refractivity contribution >= 4 is 7.60 Å². The smallest absolute Gasteiger partial charge is 0.321 e. The molecular weight excluding hydrogens is 129 g/mol. The van der Waals surface area contributed by atoms with Crippen LogP contribution < -0.4 is 0 Å². The van der Waals surface area contributed by atoms with Gasteiger partial charge < -0.3 is 9.79 Å². The Balaban J connectivity index is 3.96. The lowest BCUT2D eigenvalue weighted by Crippen LogP contribution is -1.66. The summed E-state index contributed by atoms with van der Waals surface area (Å²) in [6.07, 6.45) is 0.751. The molecule has 4 nitrogen and oxygen atoms in total. The number of allylic oxidation sites excluding steroid dienone is 1. The van der Waals surface area contributed by atoms with E-state index in [0.29, 0.717) is 5.82 Å². The Labute approximate surface area is 46.2 Å². The molecule has 0 bridgehead atoms. The minimum atomic E-state index is -4.09. The molecule has 0 aliphatic heterocycles. The van der Waals surface area contributed by atoms with E-state index in [1.54, 1.807) is 0 Å². The summed E-state index contributed by atoms with van der Waals surface area (Å²) < 4.78 is 9.85. The molecule has 0 rings (SSSR count). The zero-order valence-electron chi connectivity index (χ0n) is 3.85. The molecule has 0 aromatic rings. The van der Waals surface area contributed by atoms with Crippen molar-refractivity contribution < 1.29 is 14.4 Å². The van der Waals surface area contributed by atoms with Crippen molar-refractivity contribution in [2.24, 2.45) is 0 Å². The van der Waals surface area contributed by atoms with Crippen LogP contribution in [0.15, 0.2) is 11.9 Å². The molecule has 0 amide bonds. The Morgan fingerprint density at radius 1 is 1.62 bits per heavy atom. The van der Waals surface area contributed by atoms with Crippen LogP contribution >= 0.6 is 7.60 Å². The molecular formula is C3H4NO3P. The van der Waals surface area contributed by atoms with E-state index in [9.17, 15) is 4.57 Å². The van der Waals surface area contributed by atoms with Crippen molar-refractivity contribution in [1.82, 2.24) is 0 Å². The third-order valence-electron chi connectivity index (χ3n) is 0.343. The minimum absolute atomic E-state index is 0.549. The molecule has 0 aliphatic carbocycles. The average Bonchev–Trinajstić information content (AvgIpc) is 1.59. The quantitative estimate of drug-likeness (QED) is 0.395. The number of nitriles is 1. The van der Waals surface area contributed by atoms with Crippen LogP contribution in [0.3, 0.4) is 0 Å². The monoisotopic (exact) mass is 133 g/mol. The lowest BCUT2D eigenvalue weighted by Gasteiger charge is -1.88. The molecule has 0 unspecified atom stereocenters. The molecule has 0 fully saturated rings. The van der Waals surface area contributed by atoms with E-state index in [1.165, 1.54) is 6.07 Å². The van der Waals surface area contributed by atoms with E-state index in [2.05, 4.69) is 0 Å². The Morgan fingerprint density at radius 3 is 2.25 bits per heavy atom. The van der Waals surface area contributed by atoms with Gasteiger partial charge in [-0.3, -0.25) is 4.57 Å². The summed E-state index contributed by atoms with van der Waals surface area (Å²) in [6, 6.07) is 1.45. The van der Waals surface area contributed by atoms with Gasteiger partial charge in [-0.2, -0.15) is 5.26 Å². The van der Waals surface area contributed by atoms with E-state index in [1.807, 2.05) is 0 Å². The maximum Gasteiger partial charge on any atom is 0.349 e. The van der Waals surface area contributed by atoms with E-state index in [-0.39, 0.29) is 0 Å². The molecule has 0 spiro atoms. The first-order valence-electron chi connectivity index (χ1n) is 1.69. The molecule has 0 radical (unpaired) electrons. The fourth-order valence-electron chi connectivity index (χ4n) is 0.130. The summed E-state index contributed by atoms with van der Waals surface area (Å²) in [5.74, 6) is 0.549. The van der Waals surface area contributed by atoms with Crippen LogP contribution in [0.2, 0.25) is 0 Å². The predicted molar refractivity (Wildman–Crippen MR) is 26.8 cm³/mol. The number of rotatable bonds is 1. The van der Waals surface area contributed by atoms with Gasteiger partial charge in [0.25, 0.3) is 0 Å². The van der Waals surface area contributed by atoms with Crippen LogP contribution in [0.1, 0.15) is 0 Å². The minimum Gasteiger partial charge on any atom is -0.321 e.